The van der Waals surface area contributed by atoms with Gasteiger partial charge >= 0.3 is 5.97 Å². The number of carbonyl (C=O) groups is 1. The molecule has 0 N–H and O–H groups in total. The number of halogens is 1. The van der Waals surface area contributed by atoms with Crippen LogP contribution in [0.2, 0.25) is 5.02 Å². The van der Waals surface area contributed by atoms with Crippen LogP contribution < -0.4 is 9.47 Å². The van der Waals surface area contributed by atoms with Gasteiger partial charge in [-0.3, -0.25) is 20.2 Å². The summed E-state index contributed by atoms with van der Waals surface area (Å²) in [6, 6.07) is 15.7. The second-order valence-electron chi connectivity index (χ2n) is 9.86. The Morgan fingerprint density at radius 3 is 1.64 bits per heavy atom. The Kier molecular flexibility index (Phi) is 13.0. The Labute approximate surface area is 274 Å². The minimum atomic E-state index is -0.985. The topological polar surface area (TPSA) is 168 Å². The molecule has 0 aliphatic carbocycles. The van der Waals surface area contributed by atoms with Crippen molar-refractivity contribution in [1.82, 2.24) is 0 Å². The molecule has 4 rings (SSSR count). The van der Waals surface area contributed by atoms with Crippen LogP contribution in [-0.2, 0) is 30.3 Å². The molecule has 0 fully saturated rings. The van der Waals surface area contributed by atoms with Crippen molar-refractivity contribution in [3.05, 3.63) is 91.0 Å². The summed E-state index contributed by atoms with van der Waals surface area (Å²) in [4.78, 5) is 32.5. The number of hydrogen-bond acceptors (Lipinski definition) is 12. The van der Waals surface area contributed by atoms with E-state index in [1.54, 1.807) is 14.2 Å². The molecule has 0 aliphatic heterocycles. The quantitative estimate of drug-likeness (QED) is 0.0380. The van der Waals surface area contributed by atoms with Crippen molar-refractivity contribution in [2.24, 2.45) is 0 Å². The normalized spacial score (nSPS) is 11.1. The zero-order valence-corrected chi connectivity index (χ0v) is 26.5. The lowest BCUT2D eigenvalue weighted by Crippen LogP contribution is -2.15. The van der Waals surface area contributed by atoms with Gasteiger partial charge in [0.1, 0.15) is 18.1 Å². The van der Waals surface area contributed by atoms with Crippen molar-refractivity contribution >= 4 is 50.5 Å². The average Bonchev–Trinajstić information content (AvgIpc) is 3.06. The van der Waals surface area contributed by atoms with Crippen LogP contribution in [0.15, 0.2) is 54.6 Å². The number of ether oxygens (including phenoxy) is 7. The molecule has 14 nitrogen and oxygen atoms in total. The first-order valence-corrected chi connectivity index (χ1v) is 14.8. The number of hydrogen-bond donors (Lipinski definition) is 0. The predicted octanol–water partition coefficient (Wildman–Crippen LogP) is 5.90. The summed E-state index contributed by atoms with van der Waals surface area (Å²) < 4.78 is 38.6. The first kappa shape index (κ1) is 35.3. The molecule has 0 atom stereocenters. The molecule has 0 saturated carbocycles. The van der Waals surface area contributed by atoms with Gasteiger partial charge in [-0.25, -0.2) is 4.79 Å². The molecule has 0 aromatic heterocycles. The third-order valence-electron chi connectivity index (χ3n) is 6.91. The third-order valence-corrected chi connectivity index (χ3v) is 7.29. The van der Waals surface area contributed by atoms with Gasteiger partial charge in [-0.15, -0.1) is 0 Å². The summed E-state index contributed by atoms with van der Waals surface area (Å²) in [6.07, 6.45) is 0. The minimum absolute atomic E-state index is 0.0227. The summed E-state index contributed by atoms with van der Waals surface area (Å²) >= 11 is 5.69. The molecule has 250 valence electrons. The van der Waals surface area contributed by atoms with Gasteiger partial charge < -0.3 is 33.2 Å². The predicted molar refractivity (Wildman–Crippen MR) is 172 cm³/mol. The highest BCUT2D eigenvalue weighted by molar-refractivity contribution is 6.35. The Bertz CT molecular complexity index is 1700. The Hall–Kier alpha value is -4.60. The van der Waals surface area contributed by atoms with E-state index in [0.717, 1.165) is 50.7 Å². The fraction of sp³-hybridized carbons (Fsp3) is 0.344. The van der Waals surface area contributed by atoms with E-state index in [2.05, 4.69) is 0 Å². The highest BCUT2D eigenvalue weighted by Gasteiger charge is 2.27. The lowest BCUT2D eigenvalue weighted by Gasteiger charge is -2.16. The number of methoxy groups -OCH3 is 2. The van der Waals surface area contributed by atoms with Crippen LogP contribution in [0.4, 0.5) is 11.4 Å². The molecule has 0 heterocycles. The van der Waals surface area contributed by atoms with Crippen LogP contribution in [0.25, 0.3) is 21.5 Å². The molecule has 0 bridgehead atoms. The van der Waals surface area contributed by atoms with E-state index in [9.17, 15) is 25.0 Å². The largest absolute Gasteiger partial charge is 0.495 e. The monoisotopic (exact) mass is 672 g/mol. The molecule has 4 aromatic carbocycles. The molecule has 0 saturated heterocycles. The van der Waals surface area contributed by atoms with Gasteiger partial charge in [0.25, 0.3) is 11.4 Å². The van der Waals surface area contributed by atoms with Crippen molar-refractivity contribution in [1.29, 1.82) is 0 Å². The molecule has 0 radical (unpaired) electrons. The maximum Gasteiger partial charge on any atom is 0.338 e. The average molecular weight is 673 g/mol. The summed E-state index contributed by atoms with van der Waals surface area (Å²) in [5, 5.41) is 25.4. The van der Waals surface area contributed by atoms with Crippen LogP contribution in [0.3, 0.4) is 0 Å². The standard InChI is InChI=1S/C32H33ClN2O12/c1-41-30-23-5-3-4-6-24(23)31(42-2)26-17-21(7-8-25(26)30)20-46-14-13-44-10-9-43-11-12-45-15-16-47-32(36)22-18-27(34(37)38)29(33)28(19-22)35(39)40/h3-8,17-19H,9-16,20H2,1-2H3. The zero-order chi connectivity index (χ0) is 33.8. The van der Waals surface area contributed by atoms with Gasteiger partial charge in [0, 0.05) is 33.7 Å². The lowest BCUT2D eigenvalue weighted by atomic mass is 9.99. The van der Waals surface area contributed by atoms with Crippen LogP contribution in [0.1, 0.15) is 15.9 Å². The van der Waals surface area contributed by atoms with Crippen molar-refractivity contribution < 1.29 is 47.8 Å². The highest BCUT2D eigenvalue weighted by Crippen LogP contribution is 2.42. The van der Waals surface area contributed by atoms with E-state index in [-0.39, 0.29) is 32.0 Å². The van der Waals surface area contributed by atoms with Crippen molar-refractivity contribution in [2.45, 2.75) is 6.61 Å². The van der Waals surface area contributed by atoms with Crippen molar-refractivity contribution in [3.63, 3.8) is 0 Å². The molecule has 0 spiro atoms. The number of benzene rings is 4. The van der Waals surface area contributed by atoms with E-state index in [4.69, 9.17) is 44.8 Å². The molecular formula is C32H33ClN2O12. The highest BCUT2D eigenvalue weighted by atomic mass is 35.5. The van der Waals surface area contributed by atoms with Crippen LogP contribution in [-0.4, -0.2) is 82.9 Å². The summed E-state index contributed by atoms with van der Waals surface area (Å²) in [6.45, 7) is 2.23. The SMILES string of the molecule is COc1c2ccccc2c(OC)c2cc(COCCOCCOCCOCCOC(=O)c3cc([N+](=O)[O-])c(Cl)c([N+](=O)[O-])c3)ccc12. The van der Waals surface area contributed by atoms with Crippen LogP contribution >= 0.6 is 11.6 Å². The number of nitrogens with zero attached hydrogens (tertiary/aromatic N) is 2. The Balaban J connectivity index is 1.07. The molecule has 15 heteroatoms. The minimum Gasteiger partial charge on any atom is -0.495 e. The van der Waals surface area contributed by atoms with Gasteiger partial charge in [0.15, 0.2) is 5.02 Å². The molecule has 0 aliphatic rings. The van der Waals surface area contributed by atoms with E-state index >= 15 is 0 Å². The number of rotatable bonds is 19. The second kappa shape index (κ2) is 17.4. The van der Waals surface area contributed by atoms with Gasteiger partial charge in [0.2, 0.25) is 0 Å². The molecular weight excluding hydrogens is 640 g/mol. The molecule has 4 aromatic rings. The maximum atomic E-state index is 12.2. The van der Waals surface area contributed by atoms with E-state index in [1.807, 2.05) is 42.5 Å². The second-order valence-corrected chi connectivity index (χ2v) is 10.2. The fourth-order valence-corrected chi connectivity index (χ4v) is 5.03. The Morgan fingerprint density at radius 1 is 0.660 bits per heavy atom. The summed E-state index contributed by atoms with van der Waals surface area (Å²) in [7, 11) is 3.32. The van der Waals surface area contributed by atoms with Gasteiger partial charge in [-0.1, -0.05) is 48.0 Å². The number of esters is 1. The summed E-state index contributed by atoms with van der Waals surface area (Å²) in [5.74, 6) is 0.602. The molecule has 0 unspecified atom stereocenters. The van der Waals surface area contributed by atoms with Crippen molar-refractivity contribution in [2.75, 3.05) is 67.1 Å². The van der Waals surface area contributed by atoms with Gasteiger partial charge in [0.05, 0.1) is 82.5 Å². The van der Waals surface area contributed by atoms with E-state index in [0.29, 0.717) is 33.0 Å². The van der Waals surface area contributed by atoms with Crippen LogP contribution in [0.5, 0.6) is 11.5 Å². The zero-order valence-electron chi connectivity index (χ0n) is 25.7. The third kappa shape index (κ3) is 9.02. The fourth-order valence-electron chi connectivity index (χ4n) is 4.78. The number of nitro benzene ring substituents is 2. The van der Waals surface area contributed by atoms with E-state index in [1.165, 1.54) is 0 Å². The molecule has 47 heavy (non-hydrogen) atoms. The van der Waals surface area contributed by atoms with Crippen molar-refractivity contribution in [3.8, 4) is 11.5 Å². The number of carbonyl (C=O) groups excluding carboxylic acids is 1. The maximum absolute atomic E-state index is 12.2. The van der Waals surface area contributed by atoms with Gasteiger partial charge in [-0.2, -0.15) is 0 Å². The Morgan fingerprint density at radius 2 is 1.13 bits per heavy atom. The first-order chi connectivity index (χ1) is 22.8. The van der Waals surface area contributed by atoms with E-state index < -0.39 is 32.2 Å². The first-order valence-electron chi connectivity index (χ1n) is 14.4. The number of nitro groups is 2. The number of fused-ring (bicyclic) bond motifs is 2. The van der Waals surface area contributed by atoms with Crippen LogP contribution in [0, 0.1) is 20.2 Å². The summed E-state index contributed by atoms with van der Waals surface area (Å²) in [5.41, 5.74) is -0.915. The van der Waals surface area contributed by atoms with Gasteiger partial charge in [-0.05, 0) is 11.6 Å². The lowest BCUT2D eigenvalue weighted by molar-refractivity contribution is -0.393. The smallest absolute Gasteiger partial charge is 0.338 e. The molecule has 0 amide bonds.